The van der Waals surface area contributed by atoms with Gasteiger partial charge in [0, 0.05) is 5.92 Å². The van der Waals surface area contributed by atoms with Crippen LogP contribution >= 0.6 is 0 Å². The molecule has 0 bridgehead atoms. The summed E-state index contributed by atoms with van der Waals surface area (Å²) in [7, 11) is 0. The lowest BCUT2D eigenvalue weighted by Gasteiger charge is -2.21. The summed E-state index contributed by atoms with van der Waals surface area (Å²) in [6, 6.07) is 27.6. The largest absolute Gasteiger partial charge is 0.0876 e. The standard InChI is InChI=1S/C36H44/c1-3-5-6-10-30-15-23-35(24-16-30)36-27-19-32(20-28-36)12-8-7-11-31-17-25-34(26-18-31)33-21-13-29(9-4-2)14-22-33/h8,12-19,21-27,32,36H,3-7,9-11,20,28H2,1-2H3/b12-8+. The van der Waals surface area contributed by atoms with Crippen molar-refractivity contribution in [2.45, 2.75) is 84.0 Å². The van der Waals surface area contributed by atoms with Crippen molar-refractivity contribution in [2.75, 3.05) is 0 Å². The summed E-state index contributed by atoms with van der Waals surface area (Å²) in [6.45, 7) is 4.51. The SMILES string of the molecule is CCCCCc1ccc(C2C=CC(/C=C/CCc3ccc(-c4ccc(CCC)cc4)cc3)CC2)cc1. The van der Waals surface area contributed by atoms with Gasteiger partial charge in [-0.15, -0.1) is 0 Å². The maximum absolute atomic E-state index is 2.44. The number of benzene rings is 3. The highest BCUT2D eigenvalue weighted by molar-refractivity contribution is 5.64. The van der Waals surface area contributed by atoms with E-state index in [1.54, 1.807) is 0 Å². The van der Waals surface area contributed by atoms with Gasteiger partial charge in [-0.1, -0.05) is 130 Å². The van der Waals surface area contributed by atoms with Crippen LogP contribution in [0.25, 0.3) is 11.1 Å². The Balaban J connectivity index is 1.21. The van der Waals surface area contributed by atoms with Crippen LogP contribution in [0.5, 0.6) is 0 Å². The van der Waals surface area contributed by atoms with Crippen LogP contribution in [-0.4, -0.2) is 0 Å². The summed E-state index contributed by atoms with van der Waals surface area (Å²) in [6.07, 6.45) is 21.9. The first-order valence-corrected chi connectivity index (χ1v) is 14.4. The Morgan fingerprint density at radius 1 is 0.611 bits per heavy atom. The van der Waals surface area contributed by atoms with Crippen molar-refractivity contribution < 1.29 is 0 Å². The summed E-state index contributed by atoms with van der Waals surface area (Å²) < 4.78 is 0. The predicted molar refractivity (Wildman–Crippen MR) is 158 cm³/mol. The maximum atomic E-state index is 2.44. The number of rotatable bonds is 12. The second-order valence-electron chi connectivity index (χ2n) is 10.5. The minimum atomic E-state index is 0.584. The second kappa shape index (κ2) is 14.0. The molecule has 0 heterocycles. The second-order valence-corrected chi connectivity index (χ2v) is 10.5. The number of hydrogen-bond acceptors (Lipinski definition) is 0. The van der Waals surface area contributed by atoms with Crippen LogP contribution in [0.3, 0.4) is 0 Å². The Bertz CT molecular complexity index is 1080. The lowest BCUT2D eigenvalue weighted by molar-refractivity contribution is 0.580. The third-order valence-corrected chi connectivity index (χ3v) is 7.64. The van der Waals surface area contributed by atoms with Gasteiger partial charge in [-0.3, -0.25) is 0 Å². The zero-order chi connectivity index (χ0) is 25.0. The molecule has 3 aromatic carbocycles. The molecule has 0 heteroatoms. The minimum Gasteiger partial charge on any atom is -0.0876 e. The van der Waals surface area contributed by atoms with Crippen molar-refractivity contribution in [1.82, 2.24) is 0 Å². The molecule has 3 aromatic rings. The third kappa shape index (κ3) is 7.82. The molecule has 1 aliphatic carbocycles. The molecule has 2 unspecified atom stereocenters. The molecule has 1 aliphatic rings. The molecule has 0 nitrogen and oxygen atoms in total. The minimum absolute atomic E-state index is 0.584. The molecule has 0 N–H and O–H groups in total. The van der Waals surface area contributed by atoms with E-state index in [1.165, 1.54) is 78.3 Å². The van der Waals surface area contributed by atoms with Gasteiger partial charge in [-0.05, 0) is 84.2 Å². The molecule has 0 radical (unpaired) electrons. The van der Waals surface area contributed by atoms with E-state index < -0.39 is 0 Å². The lowest BCUT2D eigenvalue weighted by atomic mass is 9.84. The van der Waals surface area contributed by atoms with E-state index in [2.05, 4.69) is 111 Å². The van der Waals surface area contributed by atoms with E-state index in [0.717, 1.165) is 19.3 Å². The molecule has 0 spiro atoms. The van der Waals surface area contributed by atoms with Gasteiger partial charge >= 0.3 is 0 Å². The number of aryl methyl sites for hydroxylation is 3. The van der Waals surface area contributed by atoms with Gasteiger partial charge in [0.1, 0.15) is 0 Å². The normalized spacial score (nSPS) is 17.6. The Morgan fingerprint density at radius 3 is 1.81 bits per heavy atom. The highest BCUT2D eigenvalue weighted by atomic mass is 14.2. The van der Waals surface area contributed by atoms with Crippen LogP contribution in [0.15, 0.2) is 97.1 Å². The van der Waals surface area contributed by atoms with Crippen molar-refractivity contribution in [3.05, 3.63) is 119 Å². The van der Waals surface area contributed by atoms with E-state index in [1.807, 2.05) is 0 Å². The first kappa shape index (κ1) is 26.2. The van der Waals surface area contributed by atoms with Crippen LogP contribution in [0.1, 0.15) is 87.0 Å². The van der Waals surface area contributed by atoms with Crippen molar-refractivity contribution in [3.63, 3.8) is 0 Å². The Hall–Kier alpha value is -2.86. The van der Waals surface area contributed by atoms with E-state index in [9.17, 15) is 0 Å². The molecule has 188 valence electrons. The molecule has 0 aliphatic heterocycles. The quantitative estimate of drug-likeness (QED) is 0.180. The van der Waals surface area contributed by atoms with Gasteiger partial charge in [0.2, 0.25) is 0 Å². The Labute approximate surface area is 220 Å². The van der Waals surface area contributed by atoms with Crippen LogP contribution in [0, 0.1) is 5.92 Å². The van der Waals surface area contributed by atoms with Gasteiger partial charge in [0.05, 0.1) is 0 Å². The van der Waals surface area contributed by atoms with Crippen molar-refractivity contribution >= 4 is 0 Å². The molecule has 0 saturated carbocycles. The fourth-order valence-electron chi connectivity index (χ4n) is 5.33. The molecule has 0 aromatic heterocycles. The molecular formula is C36H44. The van der Waals surface area contributed by atoms with Gasteiger partial charge in [-0.25, -0.2) is 0 Å². The zero-order valence-corrected chi connectivity index (χ0v) is 22.5. The number of unbranched alkanes of at least 4 members (excludes halogenated alkanes) is 2. The maximum Gasteiger partial charge on any atom is 0.00185 e. The predicted octanol–water partition coefficient (Wildman–Crippen LogP) is 10.3. The third-order valence-electron chi connectivity index (χ3n) is 7.64. The smallest absolute Gasteiger partial charge is 0.00185 e. The van der Waals surface area contributed by atoms with Crippen LogP contribution in [0.2, 0.25) is 0 Å². The fraction of sp³-hybridized carbons (Fsp3) is 0.389. The lowest BCUT2D eigenvalue weighted by Crippen LogP contribution is -2.06. The van der Waals surface area contributed by atoms with Crippen LogP contribution in [-0.2, 0) is 19.3 Å². The van der Waals surface area contributed by atoms with Gasteiger partial charge in [0.15, 0.2) is 0 Å². The Morgan fingerprint density at radius 2 is 1.22 bits per heavy atom. The average Bonchev–Trinajstić information content (AvgIpc) is 2.93. The highest BCUT2D eigenvalue weighted by Gasteiger charge is 2.15. The molecule has 0 fully saturated rings. The summed E-state index contributed by atoms with van der Waals surface area (Å²) >= 11 is 0. The molecule has 2 atom stereocenters. The van der Waals surface area contributed by atoms with Gasteiger partial charge in [-0.2, -0.15) is 0 Å². The summed E-state index contributed by atoms with van der Waals surface area (Å²) in [4.78, 5) is 0. The van der Waals surface area contributed by atoms with Crippen molar-refractivity contribution in [2.24, 2.45) is 5.92 Å². The van der Waals surface area contributed by atoms with E-state index in [4.69, 9.17) is 0 Å². The molecular weight excluding hydrogens is 432 g/mol. The molecule has 4 rings (SSSR count). The monoisotopic (exact) mass is 476 g/mol. The van der Waals surface area contributed by atoms with Crippen LogP contribution in [0.4, 0.5) is 0 Å². The Kier molecular flexibility index (Phi) is 10.2. The first-order chi connectivity index (χ1) is 17.7. The van der Waals surface area contributed by atoms with Crippen molar-refractivity contribution in [3.8, 4) is 11.1 Å². The first-order valence-electron chi connectivity index (χ1n) is 14.4. The number of hydrogen-bond donors (Lipinski definition) is 0. The highest BCUT2D eigenvalue weighted by Crippen LogP contribution is 2.31. The molecule has 36 heavy (non-hydrogen) atoms. The topological polar surface area (TPSA) is 0 Å². The fourth-order valence-corrected chi connectivity index (χ4v) is 5.33. The number of allylic oxidation sites excluding steroid dienone is 4. The summed E-state index contributed by atoms with van der Waals surface area (Å²) in [5.41, 5.74) is 8.44. The average molecular weight is 477 g/mol. The van der Waals surface area contributed by atoms with E-state index >= 15 is 0 Å². The van der Waals surface area contributed by atoms with Gasteiger partial charge < -0.3 is 0 Å². The van der Waals surface area contributed by atoms with Gasteiger partial charge in [0.25, 0.3) is 0 Å². The van der Waals surface area contributed by atoms with Crippen molar-refractivity contribution in [1.29, 1.82) is 0 Å². The summed E-state index contributed by atoms with van der Waals surface area (Å²) in [5.74, 6) is 1.17. The van der Waals surface area contributed by atoms with E-state index in [-0.39, 0.29) is 0 Å². The zero-order valence-electron chi connectivity index (χ0n) is 22.5. The van der Waals surface area contributed by atoms with Crippen LogP contribution < -0.4 is 0 Å². The molecule has 0 amide bonds. The summed E-state index contributed by atoms with van der Waals surface area (Å²) in [5, 5.41) is 0. The molecule has 0 saturated heterocycles. The van der Waals surface area contributed by atoms with E-state index in [0.29, 0.717) is 11.8 Å².